The monoisotopic (exact) mass is 298 g/mol. The highest BCUT2D eigenvalue weighted by atomic mass is 16.5. The van der Waals surface area contributed by atoms with Gasteiger partial charge in [-0.2, -0.15) is 0 Å². The average Bonchev–Trinajstić information content (AvgIpc) is 2.44. The van der Waals surface area contributed by atoms with E-state index in [1.165, 1.54) is 0 Å². The Morgan fingerprint density at radius 2 is 2.00 bits per heavy atom. The SMILES string of the molecule is CC(C)CN1CCOC(CN=C(N)N2CCOC(C)C2)C1. The van der Waals surface area contributed by atoms with Crippen molar-refractivity contribution in [2.24, 2.45) is 16.6 Å². The van der Waals surface area contributed by atoms with Crippen molar-refractivity contribution in [1.29, 1.82) is 0 Å². The number of nitrogens with zero attached hydrogens (tertiary/aromatic N) is 3. The number of guanidine groups is 1. The lowest BCUT2D eigenvalue weighted by Gasteiger charge is -2.34. The van der Waals surface area contributed by atoms with E-state index in [4.69, 9.17) is 15.2 Å². The Kier molecular flexibility index (Phi) is 6.26. The van der Waals surface area contributed by atoms with Crippen molar-refractivity contribution in [3.05, 3.63) is 0 Å². The van der Waals surface area contributed by atoms with Gasteiger partial charge in [0.05, 0.1) is 32.0 Å². The first-order valence-electron chi connectivity index (χ1n) is 8.05. The van der Waals surface area contributed by atoms with Gasteiger partial charge in [0.1, 0.15) is 0 Å². The van der Waals surface area contributed by atoms with Crippen LogP contribution in [-0.2, 0) is 9.47 Å². The summed E-state index contributed by atoms with van der Waals surface area (Å²) in [5.41, 5.74) is 6.09. The van der Waals surface area contributed by atoms with Gasteiger partial charge in [-0.25, -0.2) is 0 Å². The second-order valence-electron chi connectivity index (χ2n) is 6.47. The zero-order valence-electron chi connectivity index (χ0n) is 13.6. The number of nitrogens with two attached hydrogens (primary N) is 1. The highest BCUT2D eigenvalue weighted by molar-refractivity contribution is 5.78. The van der Waals surface area contributed by atoms with E-state index in [-0.39, 0.29) is 12.2 Å². The third kappa shape index (κ3) is 5.45. The molecular formula is C15H30N4O2. The lowest BCUT2D eigenvalue weighted by molar-refractivity contribution is -0.0265. The van der Waals surface area contributed by atoms with E-state index in [0.717, 1.165) is 45.9 Å². The Bertz CT molecular complexity index is 349. The molecular weight excluding hydrogens is 268 g/mol. The fourth-order valence-corrected chi connectivity index (χ4v) is 2.89. The van der Waals surface area contributed by atoms with Crippen molar-refractivity contribution in [2.45, 2.75) is 33.0 Å². The van der Waals surface area contributed by atoms with Crippen LogP contribution < -0.4 is 5.73 Å². The zero-order chi connectivity index (χ0) is 15.2. The highest BCUT2D eigenvalue weighted by Gasteiger charge is 2.22. The second kappa shape index (κ2) is 7.96. The van der Waals surface area contributed by atoms with Gasteiger partial charge in [-0.15, -0.1) is 0 Å². The molecule has 21 heavy (non-hydrogen) atoms. The van der Waals surface area contributed by atoms with Crippen LogP contribution in [0.5, 0.6) is 0 Å². The van der Waals surface area contributed by atoms with E-state index in [1.54, 1.807) is 0 Å². The minimum Gasteiger partial charge on any atom is -0.375 e. The van der Waals surface area contributed by atoms with Crippen molar-refractivity contribution in [1.82, 2.24) is 9.80 Å². The first-order chi connectivity index (χ1) is 10.0. The Morgan fingerprint density at radius 3 is 2.71 bits per heavy atom. The maximum atomic E-state index is 6.09. The Hall–Kier alpha value is -0.850. The fraction of sp³-hybridized carbons (Fsp3) is 0.933. The number of morpholine rings is 2. The van der Waals surface area contributed by atoms with E-state index in [0.29, 0.717) is 18.4 Å². The average molecular weight is 298 g/mol. The van der Waals surface area contributed by atoms with Crippen LogP contribution in [0.15, 0.2) is 4.99 Å². The lowest BCUT2D eigenvalue weighted by Crippen LogP contribution is -2.49. The van der Waals surface area contributed by atoms with Crippen molar-refractivity contribution in [3.8, 4) is 0 Å². The van der Waals surface area contributed by atoms with Gasteiger partial charge in [-0.05, 0) is 12.8 Å². The predicted molar refractivity (Wildman–Crippen MR) is 84.5 cm³/mol. The predicted octanol–water partition coefficient (Wildman–Crippen LogP) is 0.379. The number of hydrogen-bond acceptors (Lipinski definition) is 4. The van der Waals surface area contributed by atoms with Gasteiger partial charge in [0.25, 0.3) is 0 Å². The van der Waals surface area contributed by atoms with Crippen LogP contribution in [0, 0.1) is 5.92 Å². The van der Waals surface area contributed by atoms with Gasteiger partial charge < -0.3 is 20.1 Å². The van der Waals surface area contributed by atoms with Crippen LogP contribution in [0.3, 0.4) is 0 Å². The number of hydrogen-bond donors (Lipinski definition) is 1. The molecule has 2 fully saturated rings. The number of ether oxygens (including phenoxy) is 2. The molecule has 0 saturated carbocycles. The van der Waals surface area contributed by atoms with Crippen molar-refractivity contribution in [2.75, 3.05) is 52.5 Å². The smallest absolute Gasteiger partial charge is 0.191 e. The highest BCUT2D eigenvalue weighted by Crippen LogP contribution is 2.09. The van der Waals surface area contributed by atoms with Crippen molar-refractivity contribution >= 4 is 5.96 Å². The molecule has 0 aromatic heterocycles. The summed E-state index contributed by atoms with van der Waals surface area (Å²) in [4.78, 5) is 9.09. The molecule has 2 aliphatic heterocycles. The Morgan fingerprint density at radius 1 is 1.24 bits per heavy atom. The third-order valence-corrected chi connectivity index (χ3v) is 3.87. The minimum absolute atomic E-state index is 0.162. The van der Waals surface area contributed by atoms with Crippen molar-refractivity contribution < 1.29 is 9.47 Å². The maximum Gasteiger partial charge on any atom is 0.191 e. The molecule has 6 nitrogen and oxygen atoms in total. The summed E-state index contributed by atoms with van der Waals surface area (Å²) < 4.78 is 11.3. The molecule has 2 unspecified atom stereocenters. The van der Waals surface area contributed by atoms with E-state index in [9.17, 15) is 0 Å². The summed E-state index contributed by atoms with van der Waals surface area (Å²) in [6.07, 6.45) is 0.384. The standard InChI is InChI=1S/C15H30N4O2/c1-12(2)9-18-4-6-21-14(11-18)8-17-15(16)19-5-7-20-13(3)10-19/h12-14H,4-11H2,1-3H3,(H2,16,17). The molecule has 2 heterocycles. The molecule has 0 aromatic carbocycles. The lowest BCUT2D eigenvalue weighted by atomic mass is 10.2. The van der Waals surface area contributed by atoms with Gasteiger partial charge in [0, 0.05) is 32.7 Å². The molecule has 0 radical (unpaired) electrons. The normalized spacial score (nSPS) is 29.1. The topological polar surface area (TPSA) is 63.3 Å². The third-order valence-electron chi connectivity index (χ3n) is 3.87. The summed E-state index contributed by atoms with van der Waals surface area (Å²) in [5.74, 6) is 1.31. The molecule has 0 amide bonds. The molecule has 0 spiro atoms. The fourth-order valence-electron chi connectivity index (χ4n) is 2.89. The van der Waals surface area contributed by atoms with Crippen LogP contribution in [0.4, 0.5) is 0 Å². The summed E-state index contributed by atoms with van der Waals surface area (Å²) in [6.45, 7) is 13.5. The van der Waals surface area contributed by atoms with Gasteiger partial charge in [-0.1, -0.05) is 13.8 Å². The summed E-state index contributed by atoms with van der Waals surface area (Å²) in [5, 5.41) is 0. The molecule has 2 aliphatic rings. The molecule has 122 valence electrons. The van der Waals surface area contributed by atoms with E-state index in [1.807, 2.05) is 0 Å². The number of aliphatic imine (C=N–C) groups is 1. The molecule has 2 N–H and O–H groups in total. The summed E-state index contributed by atoms with van der Waals surface area (Å²) in [7, 11) is 0. The molecule has 2 saturated heterocycles. The molecule has 0 bridgehead atoms. The molecule has 0 aromatic rings. The van der Waals surface area contributed by atoms with Crippen LogP contribution in [0.2, 0.25) is 0 Å². The van der Waals surface area contributed by atoms with E-state index < -0.39 is 0 Å². The zero-order valence-corrected chi connectivity index (χ0v) is 13.6. The van der Waals surface area contributed by atoms with Gasteiger partial charge in [0.2, 0.25) is 0 Å². The maximum absolute atomic E-state index is 6.09. The molecule has 2 rings (SSSR count). The molecule has 6 heteroatoms. The summed E-state index contributed by atoms with van der Waals surface area (Å²) >= 11 is 0. The first kappa shape index (κ1) is 16.5. The van der Waals surface area contributed by atoms with Crippen LogP contribution in [0.1, 0.15) is 20.8 Å². The summed E-state index contributed by atoms with van der Waals surface area (Å²) in [6, 6.07) is 0. The Balaban J connectivity index is 1.79. The van der Waals surface area contributed by atoms with Gasteiger partial charge in [0.15, 0.2) is 5.96 Å². The van der Waals surface area contributed by atoms with Gasteiger partial charge in [-0.3, -0.25) is 9.89 Å². The van der Waals surface area contributed by atoms with Crippen LogP contribution in [-0.4, -0.2) is 80.4 Å². The van der Waals surface area contributed by atoms with Crippen LogP contribution >= 0.6 is 0 Å². The molecule has 2 atom stereocenters. The largest absolute Gasteiger partial charge is 0.375 e. The van der Waals surface area contributed by atoms with E-state index >= 15 is 0 Å². The first-order valence-corrected chi connectivity index (χ1v) is 8.05. The van der Waals surface area contributed by atoms with Crippen molar-refractivity contribution in [3.63, 3.8) is 0 Å². The van der Waals surface area contributed by atoms with Gasteiger partial charge >= 0.3 is 0 Å². The number of rotatable bonds is 4. The minimum atomic E-state index is 0.162. The Labute approximate surface area is 128 Å². The van der Waals surface area contributed by atoms with Crippen LogP contribution in [0.25, 0.3) is 0 Å². The molecule has 0 aliphatic carbocycles. The van der Waals surface area contributed by atoms with E-state index in [2.05, 4.69) is 35.6 Å². The quantitative estimate of drug-likeness (QED) is 0.600. The second-order valence-corrected chi connectivity index (χ2v) is 6.47.